The van der Waals surface area contributed by atoms with Crippen LogP contribution in [-0.2, 0) is 22.4 Å². The average molecular weight is 441 g/mol. The predicted molar refractivity (Wildman–Crippen MR) is 128 cm³/mol. The molecule has 4 rings (SSSR count). The predicted octanol–water partition coefficient (Wildman–Crippen LogP) is 4.14. The van der Waals surface area contributed by atoms with E-state index < -0.39 is 0 Å². The molecule has 2 aromatic heterocycles. The molecule has 0 aliphatic heterocycles. The molecule has 1 aliphatic carbocycles. The Kier molecular flexibility index (Phi) is 7.41. The number of carbonyl (C=O) groups excluding carboxylic acids is 1. The van der Waals surface area contributed by atoms with Crippen LogP contribution in [0.4, 0.5) is 22.9 Å². The van der Waals surface area contributed by atoms with Crippen LogP contribution in [0.25, 0.3) is 10.2 Å². The number of ether oxygens (including phenoxy) is 1. The van der Waals surface area contributed by atoms with E-state index in [1.807, 2.05) is 31.1 Å². The fourth-order valence-corrected chi connectivity index (χ4v) is 4.83. The van der Waals surface area contributed by atoms with Gasteiger partial charge in [-0.1, -0.05) is 0 Å². The lowest BCUT2D eigenvalue weighted by molar-refractivity contribution is -0.128. The van der Waals surface area contributed by atoms with Gasteiger partial charge in [0.15, 0.2) is 0 Å². The van der Waals surface area contributed by atoms with Crippen LogP contribution in [0.1, 0.15) is 35.8 Å². The van der Waals surface area contributed by atoms with Crippen molar-refractivity contribution in [1.82, 2.24) is 9.97 Å². The maximum absolute atomic E-state index is 9.18. The largest absolute Gasteiger partial charge is 0.468 e. The maximum Gasteiger partial charge on any atom is 0.293 e. The fraction of sp³-hybridized carbons (Fsp3) is 0.364. The summed E-state index contributed by atoms with van der Waals surface area (Å²) in [4.78, 5) is 22.7. The molecule has 0 fully saturated rings. The molecule has 3 aromatic rings. The lowest BCUT2D eigenvalue weighted by Gasteiger charge is -2.20. The number of aromatic nitrogens is 2. The van der Waals surface area contributed by atoms with Crippen LogP contribution < -0.4 is 16.0 Å². The number of nitrogens with zero attached hydrogens (tertiary/aromatic N) is 3. The Morgan fingerprint density at radius 1 is 1.29 bits per heavy atom. The minimum atomic E-state index is 0.431. The van der Waals surface area contributed by atoms with Gasteiger partial charge in [0.1, 0.15) is 17.0 Å². The fourth-order valence-electron chi connectivity index (χ4n) is 3.60. The zero-order chi connectivity index (χ0) is 22.4. The molecule has 31 heavy (non-hydrogen) atoms. The molecule has 0 radical (unpaired) electrons. The van der Waals surface area contributed by atoms with Crippen molar-refractivity contribution < 1.29 is 9.53 Å². The number of hydrogen-bond donors (Lipinski definition) is 3. The first-order valence-corrected chi connectivity index (χ1v) is 11.0. The first kappa shape index (κ1) is 22.5. The van der Waals surface area contributed by atoms with Crippen LogP contribution in [0, 0.1) is 5.41 Å². The maximum atomic E-state index is 9.18. The van der Waals surface area contributed by atoms with Gasteiger partial charge in [-0.3, -0.25) is 4.79 Å². The summed E-state index contributed by atoms with van der Waals surface area (Å²) in [5.41, 5.74) is 10.6. The third-order valence-electron chi connectivity index (χ3n) is 5.08. The Hall–Kier alpha value is -3.20. The molecule has 1 aliphatic rings. The number of carbonyl (C=O) groups is 1. The summed E-state index contributed by atoms with van der Waals surface area (Å²) in [6, 6.07) is 3.80. The van der Waals surface area contributed by atoms with Crippen molar-refractivity contribution in [2.45, 2.75) is 32.6 Å². The molecular formula is C22H28N6O2S. The Bertz CT molecular complexity index is 1080. The van der Waals surface area contributed by atoms with Crippen LogP contribution in [0.5, 0.6) is 0 Å². The van der Waals surface area contributed by atoms with Gasteiger partial charge in [-0.2, -0.15) is 0 Å². The third kappa shape index (κ3) is 4.93. The van der Waals surface area contributed by atoms with E-state index in [2.05, 4.69) is 20.0 Å². The zero-order valence-corrected chi connectivity index (χ0v) is 18.9. The normalized spacial score (nSPS) is 12.4. The Morgan fingerprint density at radius 2 is 2.06 bits per heavy atom. The number of nitrogens with two attached hydrogens (primary N) is 1. The van der Waals surface area contributed by atoms with Crippen LogP contribution in [0.3, 0.4) is 0 Å². The minimum Gasteiger partial charge on any atom is -0.468 e. The zero-order valence-electron chi connectivity index (χ0n) is 18.1. The molecule has 4 N–H and O–H groups in total. The van der Waals surface area contributed by atoms with Crippen LogP contribution in [0.2, 0.25) is 0 Å². The van der Waals surface area contributed by atoms with E-state index in [9.17, 15) is 4.79 Å². The molecule has 8 nitrogen and oxygen atoms in total. The SMILES string of the molecule is CCOC=O.CN(C)c1cc(N)c(C=N)cc1Nc1ncnc2sc3c(c12)CCCC3. The number of nitrogen functional groups attached to an aromatic ring is 1. The highest BCUT2D eigenvalue weighted by Crippen LogP contribution is 2.40. The Morgan fingerprint density at radius 3 is 2.71 bits per heavy atom. The van der Waals surface area contributed by atoms with Gasteiger partial charge in [0.05, 0.1) is 23.4 Å². The number of thiophene rings is 1. The van der Waals surface area contributed by atoms with E-state index in [1.54, 1.807) is 24.6 Å². The number of hydrogen-bond acceptors (Lipinski definition) is 9. The minimum absolute atomic E-state index is 0.431. The van der Waals surface area contributed by atoms with Gasteiger partial charge in [-0.05, 0) is 50.3 Å². The Balaban J connectivity index is 0.000000491. The van der Waals surface area contributed by atoms with E-state index in [0.29, 0.717) is 24.3 Å². The molecule has 0 spiro atoms. The van der Waals surface area contributed by atoms with E-state index in [0.717, 1.165) is 40.3 Å². The highest BCUT2D eigenvalue weighted by Gasteiger charge is 2.20. The van der Waals surface area contributed by atoms with E-state index in [-0.39, 0.29) is 0 Å². The van der Waals surface area contributed by atoms with Crippen molar-refractivity contribution in [2.75, 3.05) is 36.7 Å². The first-order chi connectivity index (χ1) is 15.0. The number of benzene rings is 1. The summed E-state index contributed by atoms with van der Waals surface area (Å²) in [7, 11) is 3.96. The molecule has 0 saturated carbocycles. The number of fused-ring (bicyclic) bond motifs is 3. The third-order valence-corrected chi connectivity index (χ3v) is 6.28. The highest BCUT2D eigenvalue weighted by molar-refractivity contribution is 7.19. The van der Waals surface area contributed by atoms with Gasteiger partial charge in [0, 0.05) is 36.4 Å². The first-order valence-electron chi connectivity index (χ1n) is 10.2. The van der Waals surface area contributed by atoms with Crippen molar-refractivity contribution in [3.8, 4) is 0 Å². The molecule has 164 valence electrons. The summed E-state index contributed by atoms with van der Waals surface area (Å²) in [5.74, 6) is 0.832. The number of nitrogens with one attached hydrogen (secondary N) is 2. The van der Waals surface area contributed by atoms with Crippen LogP contribution >= 0.6 is 11.3 Å². The molecule has 0 bridgehead atoms. The van der Waals surface area contributed by atoms with Gasteiger partial charge in [-0.15, -0.1) is 11.3 Å². The molecule has 0 amide bonds. The summed E-state index contributed by atoms with van der Waals surface area (Å²) in [6.07, 6.45) is 7.60. The van der Waals surface area contributed by atoms with Crippen LogP contribution in [-0.4, -0.2) is 43.4 Å². The topological polar surface area (TPSA) is 117 Å². The molecule has 9 heteroatoms. The van der Waals surface area contributed by atoms with E-state index >= 15 is 0 Å². The van der Waals surface area contributed by atoms with Crippen molar-refractivity contribution in [3.05, 3.63) is 34.5 Å². The van der Waals surface area contributed by atoms with Crippen molar-refractivity contribution >= 4 is 57.1 Å². The van der Waals surface area contributed by atoms with E-state index in [4.69, 9.17) is 11.1 Å². The smallest absolute Gasteiger partial charge is 0.293 e. The second-order valence-electron chi connectivity index (χ2n) is 7.33. The second kappa shape index (κ2) is 10.2. The van der Waals surface area contributed by atoms with Gasteiger partial charge in [0.25, 0.3) is 6.47 Å². The second-order valence-corrected chi connectivity index (χ2v) is 8.41. The molecule has 2 heterocycles. The van der Waals surface area contributed by atoms with Gasteiger partial charge in [-0.25, -0.2) is 9.97 Å². The number of rotatable bonds is 6. The summed E-state index contributed by atoms with van der Waals surface area (Å²) >= 11 is 1.79. The van der Waals surface area contributed by atoms with Gasteiger partial charge in [0.2, 0.25) is 0 Å². The monoisotopic (exact) mass is 440 g/mol. The van der Waals surface area contributed by atoms with Crippen LogP contribution in [0.15, 0.2) is 18.5 Å². The molecule has 0 atom stereocenters. The van der Waals surface area contributed by atoms with Crippen molar-refractivity contribution in [2.24, 2.45) is 0 Å². The lowest BCUT2D eigenvalue weighted by Crippen LogP contribution is -2.13. The number of aryl methyl sites for hydroxylation is 2. The molecule has 0 unspecified atom stereocenters. The summed E-state index contributed by atoms with van der Waals surface area (Å²) in [5, 5.41) is 12.2. The quantitative estimate of drug-likeness (QED) is 0.299. The average Bonchev–Trinajstić information content (AvgIpc) is 3.15. The highest BCUT2D eigenvalue weighted by atomic mass is 32.1. The van der Waals surface area contributed by atoms with E-state index in [1.165, 1.54) is 29.5 Å². The summed E-state index contributed by atoms with van der Waals surface area (Å²) < 4.78 is 4.15. The molecule has 0 saturated heterocycles. The van der Waals surface area contributed by atoms with Crippen molar-refractivity contribution in [1.29, 1.82) is 5.41 Å². The standard InChI is InChI=1S/C19H22N6S.C3H6O2/c1-25(2)15-8-13(21)11(9-20)7-14(15)24-18-17-12-5-3-4-6-16(12)26-19(17)23-10-22-18;1-2-5-3-4/h7-10,20H,3-6,21H2,1-2H3,(H,22,23,24);3H,2H2,1H3. The summed E-state index contributed by atoms with van der Waals surface area (Å²) in [6.45, 7) is 2.66. The molecule has 1 aromatic carbocycles. The molecular weight excluding hydrogens is 412 g/mol. The van der Waals surface area contributed by atoms with Gasteiger partial charge < -0.3 is 26.1 Å². The lowest BCUT2D eigenvalue weighted by atomic mass is 9.97. The Labute approximate surface area is 186 Å². The van der Waals surface area contributed by atoms with Gasteiger partial charge >= 0.3 is 0 Å². The van der Waals surface area contributed by atoms with Crippen molar-refractivity contribution in [3.63, 3.8) is 0 Å². The number of anilines is 4.